The lowest BCUT2D eigenvalue weighted by Crippen LogP contribution is -2.51. The lowest BCUT2D eigenvalue weighted by atomic mass is 10.1. The molecule has 0 unspecified atom stereocenters. The number of nitrogens with zero attached hydrogens (tertiary/aromatic N) is 1. The molecule has 1 aromatic carbocycles. The van der Waals surface area contributed by atoms with E-state index in [1.54, 1.807) is 20.8 Å². The van der Waals surface area contributed by atoms with Crippen LogP contribution in [0.25, 0.3) is 10.9 Å². The minimum atomic E-state index is -2.01. The van der Waals surface area contributed by atoms with Gasteiger partial charge in [0.2, 0.25) is 0 Å². The van der Waals surface area contributed by atoms with Crippen molar-refractivity contribution in [3.05, 3.63) is 36.0 Å². The van der Waals surface area contributed by atoms with Crippen molar-refractivity contribution in [3.63, 3.8) is 0 Å². The summed E-state index contributed by atoms with van der Waals surface area (Å²) in [6.45, 7) is 19.4. The number of fused-ring (bicyclic) bond motifs is 1. The molecular formula is C26H42N2O4Si. The van der Waals surface area contributed by atoms with Crippen LogP contribution in [0.2, 0.25) is 16.6 Å². The number of alkyl carbamates (subject to hydrolysis) is 1. The second-order valence-corrected chi connectivity index (χ2v) is 16.5. The Kier molecular flexibility index (Phi) is 8.44. The van der Waals surface area contributed by atoms with Gasteiger partial charge in [0.25, 0.3) is 0 Å². The van der Waals surface area contributed by atoms with Gasteiger partial charge in [0.15, 0.2) is 8.24 Å². The van der Waals surface area contributed by atoms with E-state index in [1.165, 1.54) is 12.6 Å². The number of para-hydroxylation sites is 1. The minimum absolute atomic E-state index is 0.332. The van der Waals surface area contributed by atoms with Gasteiger partial charge in [-0.25, -0.2) is 9.59 Å². The van der Waals surface area contributed by atoms with Gasteiger partial charge in [0, 0.05) is 17.3 Å². The first-order valence-electron chi connectivity index (χ1n) is 11.9. The molecule has 7 heteroatoms. The minimum Gasteiger partial charge on any atom is -0.467 e. The highest BCUT2D eigenvalue weighted by Crippen LogP contribution is 2.45. The number of hydrogen-bond acceptors (Lipinski definition) is 4. The number of amides is 1. The predicted molar refractivity (Wildman–Crippen MR) is 137 cm³/mol. The molecule has 184 valence electrons. The average molecular weight is 475 g/mol. The fourth-order valence-electron chi connectivity index (χ4n) is 5.57. The summed E-state index contributed by atoms with van der Waals surface area (Å²) in [5.41, 5.74) is 3.14. The normalized spacial score (nSPS) is 13.6. The third-order valence-corrected chi connectivity index (χ3v) is 13.3. The molecule has 0 aliphatic heterocycles. The molecule has 33 heavy (non-hydrogen) atoms. The first-order valence-corrected chi connectivity index (χ1v) is 14.1. The van der Waals surface area contributed by atoms with Gasteiger partial charge in [-0.3, -0.25) is 0 Å². The molecule has 1 aromatic heterocycles. The Morgan fingerprint density at radius 2 is 1.55 bits per heavy atom. The van der Waals surface area contributed by atoms with Gasteiger partial charge in [-0.1, -0.05) is 59.7 Å². The van der Waals surface area contributed by atoms with E-state index in [1.807, 2.05) is 6.07 Å². The van der Waals surface area contributed by atoms with Crippen LogP contribution in [0.15, 0.2) is 30.5 Å². The highest BCUT2D eigenvalue weighted by Gasteiger charge is 2.46. The van der Waals surface area contributed by atoms with Crippen LogP contribution in [0, 0.1) is 0 Å². The van der Waals surface area contributed by atoms with E-state index in [9.17, 15) is 9.59 Å². The summed E-state index contributed by atoms with van der Waals surface area (Å²) < 4.78 is 12.9. The van der Waals surface area contributed by atoms with Crippen LogP contribution in [0.5, 0.6) is 0 Å². The molecule has 0 aliphatic rings. The average Bonchev–Trinajstić information content (AvgIpc) is 3.04. The standard InChI is InChI=1S/C26H42N2O4Si/c1-17(2)33(18(3)4,19(5)6)28-16-20(21-13-11-12-14-23(21)28)15-22(24(29)31-10)27-25(30)32-26(7,8)9/h11-14,16-19,22H,15H2,1-10H3,(H,27,30)/t22-/m1/s1. The Bertz CT molecular complexity index is 951. The fourth-order valence-corrected chi connectivity index (χ4v) is 12.2. The third kappa shape index (κ3) is 5.62. The van der Waals surface area contributed by atoms with Crippen LogP contribution in [0.1, 0.15) is 67.9 Å². The van der Waals surface area contributed by atoms with E-state index in [2.05, 4.69) is 75.5 Å². The van der Waals surface area contributed by atoms with Crippen LogP contribution in [0.4, 0.5) is 4.79 Å². The summed E-state index contributed by atoms with van der Waals surface area (Å²) >= 11 is 0. The molecule has 1 heterocycles. The van der Waals surface area contributed by atoms with E-state index in [0.29, 0.717) is 23.0 Å². The summed E-state index contributed by atoms with van der Waals surface area (Å²) in [4.78, 5) is 25.0. The largest absolute Gasteiger partial charge is 0.467 e. The summed E-state index contributed by atoms with van der Waals surface area (Å²) in [7, 11) is -0.672. The number of carbonyl (C=O) groups excluding carboxylic acids is 2. The number of nitrogens with one attached hydrogen (secondary N) is 1. The number of carbonyl (C=O) groups is 2. The van der Waals surface area contributed by atoms with E-state index >= 15 is 0 Å². The topological polar surface area (TPSA) is 69.6 Å². The molecule has 1 amide bonds. The summed E-state index contributed by atoms with van der Waals surface area (Å²) in [5.74, 6) is -0.488. The second-order valence-electron chi connectivity index (χ2n) is 10.8. The predicted octanol–water partition coefficient (Wildman–Crippen LogP) is 6.27. The van der Waals surface area contributed by atoms with E-state index in [-0.39, 0.29) is 0 Å². The number of esters is 1. The Morgan fingerprint density at radius 1 is 1.00 bits per heavy atom. The Morgan fingerprint density at radius 3 is 2.03 bits per heavy atom. The Hall–Kier alpha value is -2.28. The highest BCUT2D eigenvalue weighted by molar-refractivity contribution is 6.82. The molecule has 0 saturated carbocycles. The molecular weight excluding hydrogens is 432 g/mol. The van der Waals surface area contributed by atoms with Crippen molar-refractivity contribution >= 4 is 31.2 Å². The molecule has 2 aromatic rings. The van der Waals surface area contributed by atoms with Crippen molar-refractivity contribution < 1.29 is 19.1 Å². The number of ether oxygens (including phenoxy) is 2. The molecule has 6 nitrogen and oxygen atoms in total. The van der Waals surface area contributed by atoms with Crippen molar-refractivity contribution in [1.82, 2.24) is 9.55 Å². The van der Waals surface area contributed by atoms with Gasteiger partial charge in [-0.2, -0.15) is 0 Å². The van der Waals surface area contributed by atoms with Gasteiger partial charge < -0.3 is 19.0 Å². The highest BCUT2D eigenvalue weighted by atomic mass is 28.3. The second kappa shape index (κ2) is 10.3. The fraction of sp³-hybridized carbons (Fsp3) is 0.615. The Labute approximate surface area is 200 Å². The first-order chi connectivity index (χ1) is 15.2. The van der Waals surface area contributed by atoms with Crippen molar-refractivity contribution in [1.29, 1.82) is 0 Å². The molecule has 2 rings (SSSR count). The van der Waals surface area contributed by atoms with Gasteiger partial charge >= 0.3 is 12.1 Å². The number of aromatic nitrogens is 1. The van der Waals surface area contributed by atoms with Gasteiger partial charge in [-0.15, -0.1) is 0 Å². The lowest BCUT2D eigenvalue weighted by molar-refractivity contribution is -0.143. The van der Waals surface area contributed by atoms with E-state index in [4.69, 9.17) is 9.47 Å². The Balaban J connectivity index is 2.59. The zero-order chi connectivity index (χ0) is 25.1. The molecule has 0 saturated heterocycles. The van der Waals surface area contributed by atoms with E-state index in [0.717, 1.165) is 10.9 Å². The first kappa shape index (κ1) is 27.0. The molecule has 0 aliphatic carbocycles. The number of rotatable bonds is 8. The van der Waals surface area contributed by atoms with E-state index < -0.39 is 31.9 Å². The smallest absolute Gasteiger partial charge is 0.408 e. The maximum absolute atomic E-state index is 12.6. The molecule has 0 fully saturated rings. The summed E-state index contributed by atoms with van der Waals surface area (Å²) in [6.07, 6.45) is 1.93. The van der Waals surface area contributed by atoms with Gasteiger partial charge in [0.05, 0.1) is 7.11 Å². The number of methoxy groups -OCH3 is 1. The molecule has 1 N–H and O–H groups in total. The maximum Gasteiger partial charge on any atom is 0.408 e. The quantitative estimate of drug-likeness (QED) is 0.361. The summed E-state index contributed by atoms with van der Waals surface area (Å²) in [6, 6.07) is 7.52. The van der Waals surface area contributed by atoms with Crippen molar-refractivity contribution in [2.75, 3.05) is 7.11 Å². The summed E-state index contributed by atoms with van der Waals surface area (Å²) in [5, 5.41) is 3.83. The van der Waals surface area contributed by atoms with Crippen LogP contribution in [0.3, 0.4) is 0 Å². The van der Waals surface area contributed by atoms with Gasteiger partial charge in [0.1, 0.15) is 11.6 Å². The van der Waals surface area contributed by atoms with Crippen LogP contribution >= 0.6 is 0 Å². The monoisotopic (exact) mass is 474 g/mol. The van der Waals surface area contributed by atoms with Crippen molar-refractivity contribution in [2.24, 2.45) is 0 Å². The molecule has 0 spiro atoms. The van der Waals surface area contributed by atoms with Crippen molar-refractivity contribution in [2.45, 2.75) is 97.0 Å². The third-order valence-electron chi connectivity index (χ3n) is 6.59. The number of hydrogen-bond donors (Lipinski definition) is 1. The van der Waals surface area contributed by atoms with Crippen molar-refractivity contribution in [3.8, 4) is 0 Å². The van der Waals surface area contributed by atoms with Crippen LogP contribution in [-0.4, -0.2) is 43.3 Å². The van der Waals surface area contributed by atoms with Gasteiger partial charge in [-0.05, 0) is 55.2 Å². The lowest BCUT2D eigenvalue weighted by Gasteiger charge is -2.44. The van der Waals surface area contributed by atoms with Crippen LogP contribution in [-0.2, 0) is 20.7 Å². The van der Waals surface area contributed by atoms with Crippen LogP contribution < -0.4 is 5.32 Å². The number of benzene rings is 1. The molecule has 0 bridgehead atoms. The zero-order valence-electron chi connectivity index (χ0n) is 22.0. The molecule has 0 radical (unpaired) electrons. The maximum atomic E-state index is 12.6. The molecule has 1 atom stereocenters. The zero-order valence-corrected chi connectivity index (χ0v) is 23.0. The SMILES string of the molecule is COC(=O)[C@@H](Cc1cn([Si](C(C)C)(C(C)C)C(C)C)c2ccccc12)NC(=O)OC(C)(C)C.